The summed E-state index contributed by atoms with van der Waals surface area (Å²) in [7, 11) is 0. The molecule has 0 N–H and O–H groups in total. The summed E-state index contributed by atoms with van der Waals surface area (Å²) in [5, 5.41) is 0. The number of pyridine rings is 1. The van der Waals surface area contributed by atoms with Gasteiger partial charge in [-0.15, -0.1) is 0 Å². The van der Waals surface area contributed by atoms with Crippen molar-refractivity contribution < 1.29 is 4.79 Å². The van der Waals surface area contributed by atoms with Crippen LogP contribution < -0.4 is 4.90 Å². The Morgan fingerprint density at radius 3 is 2.15 bits per heavy atom. The molecule has 4 nitrogen and oxygen atoms in total. The third-order valence-corrected chi connectivity index (χ3v) is 7.00. The van der Waals surface area contributed by atoms with Gasteiger partial charge in [0.2, 0.25) is 0 Å². The molecule has 1 saturated carbocycles. The fraction of sp³-hybridized carbons (Fsp3) is 0.727. The van der Waals surface area contributed by atoms with Crippen molar-refractivity contribution in [3.63, 3.8) is 0 Å². The number of aromatic nitrogens is 1. The number of rotatable bonds is 5. The largest absolute Gasteiger partial charge is 0.370 e. The summed E-state index contributed by atoms with van der Waals surface area (Å²) in [6, 6.07) is 4.85. The number of carbonyl (C=O) groups excluding carboxylic acids is 1. The number of nitrogens with zero attached hydrogens (tertiary/aromatic N) is 3. The fourth-order valence-electron chi connectivity index (χ4n) is 4.99. The second-order valence-electron chi connectivity index (χ2n) is 8.69. The van der Waals surface area contributed by atoms with Crippen LogP contribution in [0.15, 0.2) is 18.3 Å². The van der Waals surface area contributed by atoms with Gasteiger partial charge in [-0.25, -0.2) is 0 Å². The van der Waals surface area contributed by atoms with Gasteiger partial charge in [0, 0.05) is 26.1 Å². The Morgan fingerprint density at radius 2 is 1.65 bits per heavy atom. The molecule has 0 amide bonds. The number of hydrogen-bond acceptors (Lipinski definition) is 4. The molecular weight excluding hydrogens is 322 g/mol. The Balaban J connectivity index is 1.21. The Kier molecular flexibility index (Phi) is 5.58. The highest BCUT2D eigenvalue weighted by Crippen LogP contribution is 2.34. The zero-order chi connectivity index (χ0) is 17.9. The van der Waals surface area contributed by atoms with Crippen molar-refractivity contribution in [2.24, 2.45) is 11.8 Å². The molecule has 4 heteroatoms. The van der Waals surface area contributed by atoms with Crippen molar-refractivity contribution in [2.75, 3.05) is 31.1 Å². The maximum atomic E-state index is 11.4. The number of likely N-dealkylation sites (tertiary alicyclic amines) is 1. The maximum Gasteiger partial charge on any atom is 0.178 e. The average molecular weight is 356 g/mol. The minimum atomic E-state index is 0.0404. The number of hydrogen-bond donors (Lipinski definition) is 0. The molecule has 3 fully saturated rings. The third kappa shape index (κ3) is 4.11. The zero-order valence-corrected chi connectivity index (χ0v) is 16.2. The predicted molar refractivity (Wildman–Crippen MR) is 106 cm³/mol. The van der Waals surface area contributed by atoms with E-state index in [1.807, 2.05) is 12.3 Å². The fourth-order valence-corrected chi connectivity index (χ4v) is 4.99. The van der Waals surface area contributed by atoms with Crippen LogP contribution in [0, 0.1) is 11.8 Å². The first-order chi connectivity index (χ1) is 12.7. The van der Waals surface area contributed by atoms with E-state index in [9.17, 15) is 4.79 Å². The highest BCUT2D eigenvalue weighted by atomic mass is 16.1. The van der Waals surface area contributed by atoms with E-state index in [0.717, 1.165) is 31.0 Å². The monoisotopic (exact) mass is 355 g/mol. The molecule has 0 aromatic carbocycles. The molecule has 0 bridgehead atoms. The van der Waals surface area contributed by atoms with E-state index in [1.54, 1.807) is 6.92 Å². The van der Waals surface area contributed by atoms with Crippen LogP contribution >= 0.6 is 0 Å². The van der Waals surface area contributed by atoms with E-state index in [-0.39, 0.29) is 5.78 Å². The molecule has 2 aliphatic heterocycles. The molecular formula is C22H33N3O. The van der Waals surface area contributed by atoms with E-state index in [0.29, 0.717) is 5.69 Å². The summed E-state index contributed by atoms with van der Waals surface area (Å²) in [5.74, 6) is 1.90. The molecule has 26 heavy (non-hydrogen) atoms. The number of Topliss-reactive ketones (excluding diaryl/α,β-unsaturated/α-hetero) is 1. The molecule has 0 spiro atoms. The van der Waals surface area contributed by atoms with Gasteiger partial charge in [-0.05, 0) is 82.0 Å². The van der Waals surface area contributed by atoms with E-state index >= 15 is 0 Å². The van der Waals surface area contributed by atoms with Crippen molar-refractivity contribution in [3.05, 3.63) is 24.0 Å². The van der Waals surface area contributed by atoms with E-state index < -0.39 is 0 Å². The van der Waals surface area contributed by atoms with E-state index in [2.05, 4.69) is 20.9 Å². The maximum absolute atomic E-state index is 11.4. The molecule has 1 aromatic rings. The molecule has 3 heterocycles. The highest BCUT2D eigenvalue weighted by Gasteiger charge is 2.30. The van der Waals surface area contributed by atoms with Gasteiger partial charge < -0.3 is 9.80 Å². The molecule has 142 valence electrons. The molecule has 0 atom stereocenters. The van der Waals surface area contributed by atoms with Crippen LogP contribution in [0.5, 0.6) is 0 Å². The number of carbonyl (C=O) groups is 1. The van der Waals surface area contributed by atoms with Gasteiger partial charge in [0.05, 0.1) is 11.9 Å². The second-order valence-corrected chi connectivity index (χ2v) is 8.69. The standard InChI is InChI=1S/C22H33N3O/c1-17(26)22-6-5-21(16-23-22)25-13-9-19(10-14-25)15-18-7-11-24(12-8-18)20-3-2-4-20/h5-6,16,18-20H,2-4,7-15H2,1H3. The van der Waals surface area contributed by atoms with Crippen LogP contribution in [0.2, 0.25) is 0 Å². The smallest absolute Gasteiger partial charge is 0.178 e. The summed E-state index contributed by atoms with van der Waals surface area (Å²) < 4.78 is 0. The molecule has 3 aliphatic rings. The first kappa shape index (κ1) is 18.0. The predicted octanol–water partition coefficient (Wildman–Crippen LogP) is 4.16. The molecule has 0 unspecified atom stereocenters. The van der Waals surface area contributed by atoms with Gasteiger partial charge in [0.15, 0.2) is 5.78 Å². The third-order valence-electron chi connectivity index (χ3n) is 7.00. The van der Waals surface area contributed by atoms with Crippen molar-refractivity contribution >= 4 is 11.5 Å². The molecule has 1 aromatic heterocycles. The highest BCUT2D eigenvalue weighted by molar-refractivity contribution is 5.92. The summed E-state index contributed by atoms with van der Waals surface area (Å²) in [6.07, 6.45) is 13.1. The molecule has 1 aliphatic carbocycles. The van der Waals surface area contributed by atoms with Gasteiger partial charge in [-0.3, -0.25) is 9.78 Å². The summed E-state index contributed by atoms with van der Waals surface area (Å²) in [5.41, 5.74) is 1.74. The minimum Gasteiger partial charge on any atom is -0.370 e. The minimum absolute atomic E-state index is 0.0404. The first-order valence-corrected chi connectivity index (χ1v) is 10.6. The molecule has 2 saturated heterocycles. The van der Waals surface area contributed by atoms with Gasteiger partial charge in [0.1, 0.15) is 5.69 Å². The SMILES string of the molecule is CC(=O)c1ccc(N2CCC(CC3CCN(C4CCC4)CC3)CC2)cn1. The Morgan fingerprint density at radius 1 is 1.00 bits per heavy atom. The van der Waals surface area contributed by atoms with Crippen LogP contribution in [0.4, 0.5) is 5.69 Å². The van der Waals surface area contributed by atoms with Crippen molar-refractivity contribution in [2.45, 2.75) is 64.3 Å². The summed E-state index contributed by atoms with van der Waals surface area (Å²) >= 11 is 0. The summed E-state index contributed by atoms with van der Waals surface area (Å²) in [4.78, 5) is 20.9. The molecule has 0 radical (unpaired) electrons. The lowest BCUT2D eigenvalue weighted by Gasteiger charge is -2.43. The average Bonchev–Trinajstić information content (AvgIpc) is 2.63. The van der Waals surface area contributed by atoms with Crippen LogP contribution in [0.25, 0.3) is 0 Å². The second kappa shape index (κ2) is 8.08. The molecule has 4 rings (SSSR count). The van der Waals surface area contributed by atoms with E-state index in [4.69, 9.17) is 0 Å². The van der Waals surface area contributed by atoms with Crippen molar-refractivity contribution in [1.82, 2.24) is 9.88 Å². The topological polar surface area (TPSA) is 36.4 Å². The van der Waals surface area contributed by atoms with Gasteiger partial charge >= 0.3 is 0 Å². The van der Waals surface area contributed by atoms with Crippen LogP contribution in [-0.4, -0.2) is 47.9 Å². The Labute approximate surface area is 158 Å². The quantitative estimate of drug-likeness (QED) is 0.743. The van der Waals surface area contributed by atoms with Crippen molar-refractivity contribution in [3.8, 4) is 0 Å². The number of piperidine rings is 2. The lowest BCUT2D eigenvalue weighted by Crippen LogP contribution is -2.45. The Hall–Kier alpha value is -1.42. The lowest BCUT2D eigenvalue weighted by atomic mass is 9.81. The first-order valence-electron chi connectivity index (χ1n) is 10.6. The Bertz CT molecular complexity index is 594. The van der Waals surface area contributed by atoms with Gasteiger partial charge in [-0.1, -0.05) is 6.42 Å². The normalized spacial score (nSPS) is 23.8. The van der Waals surface area contributed by atoms with Crippen molar-refractivity contribution in [1.29, 1.82) is 0 Å². The summed E-state index contributed by atoms with van der Waals surface area (Å²) in [6.45, 7) is 6.54. The number of anilines is 1. The van der Waals surface area contributed by atoms with Crippen LogP contribution in [-0.2, 0) is 0 Å². The van der Waals surface area contributed by atoms with Crippen LogP contribution in [0.1, 0.15) is 68.8 Å². The zero-order valence-electron chi connectivity index (χ0n) is 16.2. The van der Waals surface area contributed by atoms with Gasteiger partial charge in [-0.2, -0.15) is 0 Å². The van der Waals surface area contributed by atoms with Crippen LogP contribution in [0.3, 0.4) is 0 Å². The lowest BCUT2D eigenvalue weighted by molar-refractivity contribution is 0.0772. The number of ketones is 1. The van der Waals surface area contributed by atoms with Gasteiger partial charge in [0.25, 0.3) is 0 Å². The van der Waals surface area contributed by atoms with E-state index in [1.165, 1.54) is 70.1 Å².